The Labute approximate surface area is 139 Å². The predicted octanol–water partition coefficient (Wildman–Crippen LogP) is 2.82. The van der Waals surface area contributed by atoms with Crippen LogP contribution < -0.4 is 4.74 Å². The maximum absolute atomic E-state index is 10.8. The fraction of sp³-hybridized carbons (Fsp3) is 0.167. The number of aromatic nitrogens is 1. The molecule has 0 saturated carbocycles. The van der Waals surface area contributed by atoms with Crippen molar-refractivity contribution in [3.8, 4) is 17.0 Å². The van der Waals surface area contributed by atoms with Crippen LogP contribution in [0.3, 0.4) is 0 Å². The number of nitrogens with zero attached hydrogens (tertiary/aromatic N) is 1. The van der Waals surface area contributed by atoms with Gasteiger partial charge in [-0.3, -0.25) is 4.98 Å². The summed E-state index contributed by atoms with van der Waals surface area (Å²) < 4.78 is 10.3. The molecule has 2 rings (SSSR count). The van der Waals surface area contributed by atoms with E-state index in [-0.39, 0.29) is 12.2 Å². The molecule has 2 aromatic rings. The van der Waals surface area contributed by atoms with Crippen LogP contribution in [-0.2, 0) is 14.6 Å². The summed E-state index contributed by atoms with van der Waals surface area (Å²) in [6.45, 7) is 3.97. The van der Waals surface area contributed by atoms with Crippen LogP contribution in [0.1, 0.15) is 16.8 Å². The molecule has 1 aromatic carbocycles. The molecule has 0 unspecified atom stereocenters. The van der Waals surface area contributed by atoms with Gasteiger partial charge in [0.1, 0.15) is 5.75 Å². The second-order valence-electron chi connectivity index (χ2n) is 4.82. The van der Waals surface area contributed by atoms with Gasteiger partial charge in [-0.1, -0.05) is 18.7 Å². The van der Waals surface area contributed by atoms with Crippen LogP contribution in [0, 0.1) is 0 Å². The van der Waals surface area contributed by atoms with E-state index in [1.165, 1.54) is 12.1 Å². The third kappa shape index (κ3) is 4.95. The van der Waals surface area contributed by atoms with Crippen molar-refractivity contribution in [1.82, 2.24) is 4.98 Å². The van der Waals surface area contributed by atoms with Crippen molar-refractivity contribution >= 4 is 11.9 Å². The van der Waals surface area contributed by atoms with Gasteiger partial charge in [-0.2, -0.15) is 0 Å². The lowest BCUT2D eigenvalue weighted by atomic mass is 10.1. The minimum Gasteiger partial charge on any atom is -0.492 e. The number of hydrogen-bond donors (Lipinski definition) is 0. The lowest BCUT2D eigenvalue weighted by Gasteiger charge is -2.07. The molecule has 0 saturated heterocycles. The Kier molecular flexibility index (Phi) is 6.08. The van der Waals surface area contributed by atoms with Gasteiger partial charge < -0.3 is 9.47 Å². The summed E-state index contributed by atoms with van der Waals surface area (Å²) in [5, 5.41) is 10.7. The van der Waals surface area contributed by atoms with Gasteiger partial charge in [0.05, 0.1) is 30.7 Å². The highest BCUT2D eigenvalue weighted by molar-refractivity contribution is 5.87. The minimum atomic E-state index is -1.21. The summed E-state index contributed by atoms with van der Waals surface area (Å²) in [4.78, 5) is 25.8. The Bertz CT molecular complexity index is 707. The number of pyridine rings is 1. The highest BCUT2D eigenvalue weighted by Crippen LogP contribution is 2.20. The molecule has 0 aliphatic carbocycles. The van der Waals surface area contributed by atoms with Crippen molar-refractivity contribution in [2.75, 3.05) is 13.2 Å². The van der Waals surface area contributed by atoms with Crippen LogP contribution in [0.2, 0.25) is 0 Å². The van der Waals surface area contributed by atoms with Crippen LogP contribution in [-0.4, -0.2) is 30.1 Å². The number of carbonyl (C=O) groups excluding carboxylic acids is 2. The highest BCUT2D eigenvalue weighted by Gasteiger charge is 2.06. The van der Waals surface area contributed by atoms with Crippen molar-refractivity contribution in [2.45, 2.75) is 6.42 Å². The van der Waals surface area contributed by atoms with Gasteiger partial charge in [0.15, 0.2) is 0 Å². The molecule has 0 N–H and O–H groups in total. The molecule has 24 heavy (non-hydrogen) atoms. The molecular formula is C18H16NO5. The molecule has 0 atom stereocenters. The van der Waals surface area contributed by atoms with Crippen LogP contribution in [0.4, 0.5) is 0 Å². The molecule has 6 heteroatoms. The van der Waals surface area contributed by atoms with Crippen LogP contribution in [0.5, 0.6) is 5.75 Å². The van der Waals surface area contributed by atoms with Gasteiger partial charge in [-0.05, 0) is 24.3 Å². The summed E-state index contributed by atoms with van der Waals surface area (Å²) >= 11 is 0. The van der Waals surface area contributed by atoms with Gasteiger partial charge in [0.2, 0.25) is 0 Å². The van der Waals surface area contributed by atoms with Crippen molar-refractivity contribution in [3.05, 3.63) is 60.8 Å². The van der Waals surface area contributed by atoms with Gasteiger partial charge in [0, 0.05) is 18.1 Å². The van der Waals surface area contributed by atoms with Crippen LogP contribution in [0.15, 0.2) is 55.3 Å². The van der Waals surface area contributed by atoms with E-state index in [2.05, 4.69) is 11.6 Å². The monoisotopic (exact) mass is 326 g/mol. The Morgan fingerprint density at radius 1 is 1.08 bits per heavy atom. The molecule has 0 spiro atoms. The first-order valence-corrected chi connectivity index (χ1v) is 7.30. The maximum atomic E-state index is 10.8. The van der Waals surface area contributed by atoms with E-state index < -0.39 is 11.9 Å². The third-order valence-corrected chi connectivity index (χ3v) is 3.12. The molecule has 1 radical (unpaired) electrons. The summed E-state index contributed by atoms with van der Waals surface area (Å²) in [5.74, 6) is -1.07. The summed E-state index contributed by atoms with van der Waals surface area (Å²) in [5.41, 5.74) is 1.62. The number of esters is 1. The first kappa shape index (κ1) is 17.2. The van der Waals surface area contributed by atoms with E-state index in [1.54, 1.807) is 30.5 Å². The molecule has 0 bridgehead atoms. The normalized spacial score (nSPS) is 10.0. The van der Waals surface area contributed by atoms with Crippen molar-refractivity contribution < 1.29 is 24.2 Å². The first-order valence-electron chi connectivity index (χ1n) is 7.30. The summed E-state index contributed by atoms with van der Waals surface area (Å²) in [7, 11) is 0. The van der Waals surface area contributed by atoms with Gasteiger partial charge >= 0.3 is 11.9 Å². The molecule has 1 aromatic heterocycles. The fourth-order valence-corrected chi connectivity index (χ4v) is 1.89. The Hall–Kier alpha value is -3.15. The van der Waals surface area contributed by atoms with Gasteiger partial charge in [0.25, 0.3) is 0 Å². The van der Waals surface area contributed by atoms with E-state index in [0.29, 0.717) is 24.5 Å². The Morgan fingerprint density at radius 2 is 1.83 bits per heavy atom. The van der Waals surface area contributed by atoms with Gasteiger partial charge in [-0.15, -0.1) is 0 Å². The number of hydrogen-bond acceptors (Lipinski definition) is 5. The number of benzene rings is 1. The molecule has 0 amide bonds. The smallest absolute Gasteiger partial charge is 0.386 e. The van der Waals surface area contributed by atoms with E-state index in [9.17, 15) is 14.7 Å². The summed E-state index contributed by atoms with van der Waals surface area (Å²) in [6.07, 6.45) is 3.26. The number of ether oxygens (including phenoxy) is 2. The zero-order valence-electron chi connectivity index (χ0n) is 12.9. The Morgan fingerprint density at radius 3 is 2.42 bits per heavy atom. The second-order valence-corrected chi connectivity index (χ2v) is 4.82. The lowest BCUT2D eigenvalue weighted by molar-refractivity contribution is -0.137. The van der Waals surface area contributed by atoms with Crippen molar-refractivity contribution in [3.63, 3.8) is 0 Å². The van der Waals surface area contributed by atoms with Crippen molar-refractivity contribution in [1.29, 1.82) is 0 Å². The fourth-order valence-electron chi connectivity index (χ4n) is 1.89. The van der Waals surface area contributed by atoms with E-state index in [0.717, 1.165) is 11.6 Å². The average Bonchev–Trinajstić information content (AvgIpc) is 2.62. The molecule has 6 nitrogen and oxygen atoms in total. The maximum Gasteiger partial charge on any atom is 0.386 e. The van der Waals surface area contributed by atoms with E-state index in [1.807, 2.05) is 0 Å². The Balaban J connectivity index is 1.85. The molecule has 0 fully saturated rings. The first-order chi connectivity index (χ1) is 11.6. The van der Waals surface area contributed by atoms with Gasteiger partial charge in [-0.25, -0.2) is 14.7 Å². The largest absolute Gasteiger partial charge is 0.492 e. The zero-order chi connectivity index (χ0) is 17.4. The molecule has 1 heterocycles. The third-order valence-electron chi connectivity index (χ3n) is 3.12. The average molecular weight is 326 g/mol. The highest BCUT2D eigenvalue weighted by atomic mass is 16.5. The lowest BCUT2D eigenvalue weighted by Crippen LogP contribution is -2.06. The van der Waals surface area contributed by atoms with E-state index in [4.69, 9.17) is 9.47 Å². The predicted molar refractivity (Wildman–Crippen MR) is 86.0 cm³/mol. The minimum absolute atomic E-state index is 0.121. The number of carbonyl (C=O) groups is 2. The van der Waals surface area contributed by atoms with Crippen LogP contribution >= 0.6 is 0 Å². The summed E-state index contributed by atoms with van der Waals surface area (Å²) in [6, 6.07) is 9.83. The SMILES string of the molecule is C=CC(=O)OCCCOc1ccc(-c2ccc(C([O])=O)cc2)nc1. The standard InChI is InChI=1S/C18H16NO5/c1-2-17(20)24-11-3-10-23-15-8-9-16(19-12-15)13-4-6-14(7-5-13)18(21)22/h2,4-9,12H,1,3,10-11H2. The van der Waals surface area contributed by atoms with Crippen LogP contribution in [0.25, 0.3) is 11.3 Å². The second kappa shape index (κ2) is 8.47. The quantitative estimate of drug-likeness (QED) is 0.423. The molecule has 0 aliphatic rings. The topological polar surface area (TPSA) is 85.4 Å². The molecular weight excluding hydrogens is 310 g/mol. The zero-order valence-corrected chi connectivity index (χ0v) is 12.9. The van der Waals surface area contributed by atoms with E-state index >= 15 is 0 Å². The molecule has 123 valence electrons. The molecule has 0 aliphatic heterocycles. The number of rotatable bonds is 8. The van der Waals surface area contributed by atoms with Crippen molar-refractivity contribution in [2.24, 2.45) is 0 Å².